The number of ether oxygens (including phenoxy) is 1. The van der Waals surface area contributed by atoms with Gasteiger partial charge in [0.05, 0.1) is 18.3 Å². The van der Waals surface area contributed by atoms with Crippen molar-refractivity contribution in [3.05, 3.63) is 64.8 Å². The lowest BCUT2D eigenvalue weighted by atomic mass is 9.75. The Morgan fingerprint density at radius 3 is 2.50 bits per heavy atom. The van der Waals surface area contributed by atoms with E-state index >= 15 is 0 Å². The van der Waals surface area contributed by atoms with Gasteiger partial charge in [-0.15, -0.1) is 0 Å². The first-order valence-electron chi connectivity index (χ1n) is 10.1. The average molecular weight is 495 g/mol. The van der Waals surface area contributed by atoms with E-state index in [0.717, 1.165) is 0 Å². The summed E-state index contributed by atoms with van der Waals surface area (Å²) in [6.45, 7) is 3.09. The molecule has 2 N–H and O–H groups in total. The minimum absolute atomic E-state index is 0.0998. The smallest absolute Gasteiger partial charge is 0.422 e. The van der Waals surface area contributed by atoms with Gasteiger partial charge in [0.2, 0.25) is 0 Å². The number of rotatable bonds is 7. The Balaban J connectivity index is 2.04. The average Bonchev–Trinajstić information content (AvgIpc) is 2.76. The third kappa shape index (κ3) is 5.15. The molecule has 0 radical (unpaired) electrons. The molecular weight excluding hydrogens is 473 g/mol. The fraction of sp³-hybridized carbons (Fsp3) is 0.292. The molecule has 0 fully saturated rings. The molecule has 2 aromatic carbocycles. The Labute approximate surface area is 198 Å². The zero-order valence-corrected chi connectivity index (χ0v) is 19.3. The molecule has 180 valence electrons. The van der Waals surface area contributed by atoms with Crippen molar-refractivity contribution >= 4 is 40.4 Å². The van der Waals surface area contributed by atoms with E-state index < -0.39 is 29.6 Å². The first kappa shape index (κ1) is 25.5. The maximum absolute atomic E-state index is 14.1. The number of benzene rings is 2. The molecule has 0 aliphatic heterocycles. The predicted molar refractivity (Wildman–Crippen MR) is 124 cm³/mol. The molecule has 0 amide bonds. The number of carboxylic acid groups (broad SMARTS) is 1. The van der Waals surface area contributed by atoms with E-state index in [-0.39, 0.29) is 16.9 Å². The molecule has 3 aromatic rings. The Morgan fingerprint density at radius 1 is 1.18 bits per heavy atom. The largest absolute Gasteiger partial charge is 0.496 e. The summed E-state index contributed by atoms with van der Waals surface area (Å²) >= 11 is 6.06. The van der Waals surface area contributed by atoms with Gasteiger partial charge in [-0.2, -0.15) is 13.2 Å². The third-order valence-electron chi connectivity index (χ3n) is 5.44. The van der Waals surface area contributed by atoms with E-state index in [9.17, 15) is 23.1 Å². The van der Waals surface area contributed by atoms with E-state index in [1.807, 2.05) is 0 Å². The second kappa shape index (κ2) is 9.23. The van der Waals surface area contributed by atoms with E-state index in [1.54, 1.807) is 26.0 Å². The first-order chi connectivity index (χ1) is 15.8. The maximum atomic E-state index is 14.1. The lowest BCUT2D eigenvalue weighted by molar-refractivity contribution is -0.234. The van der Waals surface area contributed by atoms with E-state index in [4.69, 9.17) is 21.4 Å². The molecule has 10 heteroatoms. The van der Waals surface area contributed by atoms with Crippen LogP contribution in [-0.2, 0) is 5.41 Å². The highest BCUT2D eigenvalue weighted by molar-refractivity contribution is 6.30. The number of aliphatic imine (C=N–C) groups is 1. The minimum Gasteiger partial charge on any atom is -0.496 e. The summed E-state index contributed by atoms with van der Waals surface area (Å²) < 4.78 is 47.6. The molecule has 1 aromatic heterocycles. The summed E-state index contributed by atoms with van der Waals surface area (Å²) in [7, 11) is 1.39. The molecule has 0 bridgehead atoms. The number of aromatic carboxylic acids is 1. The summed E-state index contributed by atoms with van der Waals surface area (Å²) in [5.74, 6) is -0.897. The Hall–Kier alpha value is -3.17. The van der Waals surface area contributed by atoms with E-state index in [1.165, 1.54) is 43.5 Å². The predicted octanol–water partition coefficient (Wildman–Crippen LogP) is 5.96. The number of carbonyl (C=O) groups is 1. The number of methoxy groups -OCH3 is 1. The fourth-order valence-electron chi connectivity index (χ4n) is 3.74. The molecule has 6 nitrogen and oxygen atoms in total. The van der Waals surface area contributed by atoms with Gasteiger partial charge in [-0.1, -0.05) is 31.5 Å². The van der Waals surface area contributed by atoms with Gasteiger partial charge >= 0.3 is 12.1 Å². The molecule has 3 rings (SSSR count). The molecule has 1 heterocycles. The molecule has 1 unspecified atom stereocenters. The minimum atomic E-state index is -5.04. The number of fused-ring (bicyclic) bond motifs is 1. The molecule has 0 aliphatic carbocycles. The number of hydrogen-bond donors (Lipinski definition) is 2. The van der Waals surface area contributed by atoms with E-state index in [0.29, 0.717) is 27.9 Å². The normalized spacial score (nSPS) is 14.4. The maximum Gasteiger partial charge on any atom is 0.422 e. The Bertz CT molecular complexity index is 1260. The zero-order chi connectivity index (χ0) is 25.3. The summed E-state index contributed by atoms with van der Waals surface area (Å²) in [5, 5.41) is 20.5. The lowest BCUT2D eigenvalue weighted by Crippen LogP contribution is -2.50. The molecule has 1 atom stereocenters. The molecule has 0 saturated carbocycles. The second-order valence-corrected chi connectivity index (χ2v) is 8.87. The fourth-order valence-corrected chi connectivity index (χ4v) is 3.92. The molecular formula is C24H22ClF3N2O4. The first-order valence-corrected chi connectivity index (χ1v) is 10.5. The standard InChI is InChI=1S/C24H22ClF3N2O4/c1-22(2,16-11-14(25)7-10-20(16)34-3)12-23(33,24(26,27)28)13-29-17-5-4-6-18-15(17)8-9-19(30-18)21(31)32/h4-11,13,33H,12H2,1-3H3,(H,31,32). The van der Waals surface area contributed by atoms with Gasteiger partial charge in [0.25, 0.3) is 0 Å². The van der Waals surface area contributed by atoms with Gasteiger partial charge in [0.15, 0.2) is 5.60 Å². The van der Waals surface area contributed by atoms with Gasteiger partial charge < -0.3 is 14.9 Å². The van der Waals surface area contributed by atoms with Gasteiger partial charge in [0.1, 0.15) is 11.4 Å². The lowest BCUT2D eigenvalue weighted by Gasteiger charge is -2.36. The number of aliphatic hydroxyl groups is 1. The van der Waals surface area contributed by atoms with Crippen LogP contribution in [0.4, 0.5) is 18.9 Å². The van der Waals surface area contributed by atoms with Crippen molar-refractivity contribution in [3.8, 4) is 5.75 Å². The summed E-state index contributed by atoms with van der Waals surface area (Å²) in [6.07, 6.45) is -5.35. The highest BCUT2D eigenvalue weighted by Crippen LogP contribution is 2.44. The highest BCUT2D eigenvalue weighted by Gasteiger charge is 2.55. The van der Waals surface area contributed by atoms with Crippen molar-refractivity contribution in [2.75, 3.05) is 7.11 Å². The van der Waals surface area contributed by atoms with Crippen molar-refractivity contribution < 1.29 is 32.9 Å². The van der Waals surface area contributed by atoms with Crippen molar-refractivity contribution in [1.82, 2.24) is 4.98 Å². The number of hydrogen-bond acceptors (Lipinski definition) is 5. The second-order valence-electron chi connectivity index (χ2n) is 8.43. The van der Waals surface area contributed by atoms with E-state index in [2.05, 4.69) is 9.98 Å². The number of carboxylic acids is 1. The molecule has 34 heavy (non-hydrogen) atoms. The van der Waals surface area contributed by atoms with Gasteiger partial charge in [0, 0.05) is 22.2 Å². The number of pyridine rings is 1. The van der Waals surface area contributed by atoms with Gasteiger partial charge in [-0.25, -0.2) is 9.78 Å². The number of alkyl halides is 3. The van der Waals surface area contributed by atoms with Crippen molar-refractivity contribution in [1.29, 1.82) is 0 Å². The van der Waals surface area contributed by atoms with Crippen LogP contribution < -0.4 is 4.74 Å². The monoisotopic (exact) mass is 494 g/mol. The topological polar surface area (TPSA) is 92.0 Å². The number of halogens is 4. The number of nitrogens with zero attached hydrogens (tertiary/aromatic N) is 2. The van der Waals surface area contributed by atoms with Crippen LogP contribution in [0.15, 0.2) is 53.5 Å². The van der Waals surface area contributed by atoms with Crippen LogP contribution in [0.1, 0.15) is 36.3 Å². The Kier molecular flexibility index (Phi) is 6.91. The van der Waals surface area contributed by atoms with Crippen LogP contribution in [0.25, 0.3) is 10.9 Å². The van der Waals surface area contributed by atoms with Crippen LogP contribution in [0.2, 0.25) is 5.02 Å². The molecule has 0 aliphatic rings. The van der Waals surface area contributed by atoms with Crippen LogP contribution in [-0.4, -0.2) is 46.3 Å². The van der Waals surface area contributed by atoms with Crippen LogP contribution >= 0.6 is 11.6 Å². The summed E-state index contributed by atoms with van der Waals surface area (Å²) in [5.41, 5.74) is -3.98. The summed E-state index contributed by atoms with van der Waals surface area (Å²) in [6, 6.07) is 11.7. The van der Waals surface area contributed by atoms with Crippen molar-refractivity contribution in [3.63, 3.8) is 0 Å². The van der Waals surface area contributed by atoms with Crippen LogP contribution in [0, 0.1) is 0 Å². The molecule has 0 saturated heterocycles. The van der Waals surface area contributed by atoms with Crippen molar-refractivity contribution in [2.24, 2.45) is 4.99 Å². The summed E-state index contributed by atoms with van der Waals surface area (Å²) in [4.78, 5) is 19.1. The van der Waals surface area contributed by atoms with Gasteiger partial charge in [-0.3, -0.25) is 4.99 Å². The van der Waals surface area contributed by atoms with Crippen LogP contribution in [0.5, 0.6) is 5.75 Å². The third-order valence-corrected chi connectivity index (χ3v) is 5.67. The number of aromatic nitrogens is 1. The van der Waals surface area contributed by atoms with Crippen molar-refractivity contribution in [2.45, 2.75) is 37.5 Å². The Morgan fingerprint density at radius 2 is 1.88 bits per heavy atom. The quantitative estimate of drug-likeness (QED) is 0.395. The highest BCUT2D eigenvalue weighted by atomic mass is 35.5. The zero-order valence-electron chi connectivity index (χ0n) is 18.5. The molecule has 0 spiro atoms. The van der Waals surface area contributed by atoms with Crippen LogP contribution in [0.3, 0.4) is 0 Å². The SMILES string of the molecule is COc1ccc(Cl)cc1C(C)(C)CC(O)(C=Nc1cccc2nc(C(=O)O)ccc12)C(F)(F)F. The van der Waals surface area contributed by atoms with Gasteiger partial charge in [-0.05, 0) is 54.3 Å².